The van der Waals surface area contributed by atoms with Crippen molar-refractivity contribution in [2.24, 2.45) is 0 Å². The van der Waals surface area contributed by atoms with Crippen molar-refractivity contribution >= 4 is 35.0 Å². The normalized spacial score (nSPS) is 11.3. The van der Waals surface area contributed by atoms with Crippen molar-refractivity contribution in [1.29, 1.82) is 0 Å². The summed E-state index contributed by atoms with van der Waals surface area (Å²) in [5, 5.41) is 2.55. The lowest BCUT2D eigenvalue weighted by molar-refractivity contribution is 0.689. The number of benzene rings is 1. The number of hydrogen-bond donors (Lipinski definition) is 0. The molecule has 0 N–H and O–H groups in total. The molecule has 3 aromatic rings. The number of hydrogen-bond acceptors (Lipinski definition) is 2. The Kier molecular flexibility index (Phi) is 5.78. The van der Waals surface area contributed by atoms with Crippen molar-refractivity contribution in [2.75, 3.05) is 0 Å². The summed E-state index contributed by atoms with van der Waals surface area (Å²) >= 11 is 14.1. The highest BCUT2D eigenvalue weighted by atomic mass is 35.5. The number of aryl methyl sites for hydroxylation is 1. The summed E-state index contributed by atoms with van der Waals surface area (Å²) in [6.45, 7) is 7.42. The van der Waals surface area contributed by atoms with Crippen LogP contribution < -0.4 is 0 Å². The number of nitrogens with zero attached hydrogens (tertiary/aromatic N) is 2. The average Bonchev–Trinajstić information content (AvgIpc) is 2.84. The molecule has 130 valence electrons. The molecule has 0 atom stereocenters. The van der Waals surface area contributed by atoms with E-state index in [0.29, 0.717) is 16.0 Å². The van der Waals surface area contributed by atoms with Gasteiger partial charge in [0, 0.05) is 39.6 Å². The van der Waals surface area contributed by atoms with E-state index in [2.05, 4.69) is 48.5 Å². The van der Waals surface area contributed by atoms with Gasteiger partial charge < -0.3 is 4.57 Å². The molecule has 0 saturated carbocycles. The third-order valence-electron chi connectivity index (χ3n) is 4.04. The molecule has 3 rings (SSSR count). The van der Waals surface area contributed by atoms with Gasteiger partial charge in [-0.05, 0) is 60.4 Å². The van der Waals surface area contributed by atoms with Gasteiger partial charge in [0.1, 0.15) is 0 Å². The van der Waals surface area contributed by atoms with Gasteiger partial charge in [-0.3, -0.25) is 4.98 Å². The Morgan fingerprint density at radius 3 is 2.28 bits per heavy atom. The second-order valence-corrected chi connectivity index (χ2v) is 8.28. The van der Waals surface area contributed by atoms with Crippen LogP contribution >= 0.6 is 35.0 Å². The summed E-state index contributed by atoms with van der Waals surface area (Å²) in [6, 6.07) is 12.1. The topological polar surface area (TPSA) is 17.8 Å². The maximum absolute atomic E-state index is 6.18. The van der Waals surface area contributed by atoms with Crippen LogP contribution in [-0.2, 0) is 6.54 Å². The Morgan fingerprint density at radius 2 is 1.68 bits per heavy atom. The molecule has 0 aliphatic rings. The van der Waals surface area contributed by atoms with Crippen molar-refractivity contribution < 1.29 is 0 Å². The molecule has 2 aromatic heterocycles. The highest BCUT2D eigenvalue weighted by molar-refractivity contribution is 7.99. The van der Waals surface area contributed by atoms with Crippen LogP contribution in [0, 0.1) is 6.92 Å². The zero-order valence-electron chi connectivity index (χ0n) is 14.5. The SMILES string of the molecule is Cc1cc(C(C)C)c(Sc2cc(Cl)cc(Cl)c2)n1Cc1ccncc1. The number of pyridine rings is 1. The fourth-order valence-electron chi connectivity index (χ4n) is 2.77. The zero-order valence-corrected chi connectivity index (χ0v) is 16.8. The summed E-state index contributed by atoms with van der Waals surface area (Å²) in [5.41, 5.74) is 3.82. The first-order chi connectivity index (χ1) is 11.9. The fourth-order valence-corrected chi connectivity index (χ4v) is 4.76. The molecule has 1 aromatic carbocycles. The third kappa shape index (κ3) is 4.41. The minimum atomic E-state index is 0.439. The second kappa shape index (κ2) is 7.86. The third-order valence-corrected chi connectivity index (χ3v) is 5.60. The molecule has 0 aliphatic heterocycles. The van der Waals surface area contributed by atoms with E-state index in [1.807, 2.05) is 24.5 Å². The van der Waals surface area contributed by atoms with Crippen LogP contribution in [0.4, 0.5) is 0 Å². The molecule has 0 unspecified atom stereocenters. The molecular formula is C20H20Cl2N2S. The molecule has 0 saturated heterocycles. The summed E-state index contributed by atoms with van der Waals surface area (Å²) in [7, 11) is 0. The van der Waals surface area contributed by atoms with Crippen LogP contribution in [0.15, 0.2) is 58.7 Å². The largest absolute Gasteiger partial charge is 0.335 e. The first kappa shape index (κ1) is 18.4. The standard InChI is InChI=1S/C20H20Cl2N2S/c1-13(2)19-8-14(3)24(12-15-4-6-23-7-5-15)20(19)25-18-10-16(21)9-17(22)11-18/h4-11,13H,12H2,1-3H3. The van der Waals surface area contributed by atoms with E-state index < -0.39 is 0 Å². The fraction of sp³-hybridized carbons (Fsp3) is 0.250. The Bertz CT molecular complexity index is 853. The van der Waals surface area contributed by atoms with Crippen LogP contribution in [0.5, 0.6) is 0 Å². The Morgan fingerprint density at radius 1 is 1.04 bits per heavy atom. The van der Waals surface area contributed by atoms with Crippen molar-refractivity contribution in [1.82, 2.24) is 9.55 Å². The Labute approximate surface area is 163 Å². The van der Waals surface area contributed by atoms with Gasteiger partial charge >= 0.3 is 0 Å². The van der Waals surface area contributed by atoms with Crippen LogP contribution in [0.2, 0.25) is 10.0 Å². The first-order valence-corrected chi connectivity index (χ1v) is 9.74. The van der Waals surface area contributed by atoms with Crippen LogP contribution in [-0.4, -0.2) is 9.55 Å². The molecule has 25 heavy (non-hydrogen) atoms. The van der Waals surface area contributed by atoms with E-state index in [4.69, 9.17) is 23.2 Å². The lowest BCUT2D eigenvalue weighted by Gasteiger charge is -2.14. The molecule has 0 bridgehead atoms. The minimum Gasteiger partial charge on any atom is -0.335 e. The molecule has 2 heterocycles. The van der Waals surface area contributed by atoms with E-state index in [9.17, 15) is 0 Å². The quantitative estimate of drug-likeness (QED) is 0.475. The van der Waals surface area contributed by atoms with Gasteiger partial charge in [-0.25, -0.2) is 0 Å². The first-order valence-electron chi connectivity index (χ1n) is 8.17. The highest BCUT2D eigenvalue weighted by Crippen LogP contribution is 2.38. The van der Waals surface area contributed by atoms with Gasteiger partial charge in [0.15, 0.2) is 0 Å². The van der Waals surface area contributed by atoms with Crippen LogP contribution in [0.3, 0.4) is 0 Å². The second-order valence-electron chi connectivity index (χ2n) is 6.35. The lowest BCUT2D eigenvalue weighted by atomic mass is 10.1. The van der Waals surface area contributed by atoms with Gasteiger partial charge in [0.25, 0.3) is 0 Å². The minimum absolute atomic E-state index is 0.439. The Hall–Kier alpha value is -1.42. The van der Waals surface area contributed by atoms with Crippen LogP contribution in [0.25, 0.3) is 0 Å². The van der Waals surface area contributed by atoms with E-state index >= 15 is 0 Å². The van der Waals surface area contributed by atoms with E-state index in [0.717, 1.165) is 11.4 Å². The number of rotatable bonds is 5. The molecular weight excluding hydrogens is 371 g/mol. The van der Waals surface area contributed by atoms with Crippen molar-refractivity contribution in [2.45, 2.75) is 43.2 Å². The summed E-state index contributed by atoms with van der Waals surface area (Å²) in [5.74, 6) is 0.439. The van der Waals surface area contributed by atoms with E-state index in [1.54, 1.807) is 17.8 Å². The molecule has 2 nitrogen and oxygen atoms in total. The summed E-state index contributed by atoms with van der Waals surface area (Å²) < 4.78 is 2.35. The molecule has 0 radical (unpaired) electrons. The molecule has 0 aliphatic carbocycles. The zero-order chi connectivity index (χ0) is 18.0. The predicted octanol–water partition coefficient (Wildman–Crippen LogP) is 6.82. The van der Waals surface area contributed by atoms with Gasteiger partial charge in [-0.2, -0.15) is 0 Å². The summed E-state index contributed by atoms with van der Waals surface area (Å²) in [4.78, 5) is 5.16. The highest BCUT2D eigenvalue weighted by Gasteiger charge is 2.17. The van der Waals surface area contributed by atoms with Gasteiger partial charge in [-0.1, -0.05) is 48.8 Å². The molecule has 0 spiro atoms. The monoisotopic (exact) mass is 390 g/mol. The molecule has 5 heteroatoms. The van der Waals surface area contributed by atoms with Gasteiger partial charge in [0.05, 0.1) is 5.03 Å². The molecule has 0 amide bonds. The Balaban J connectivity index is 2.03. The van der Waals surface area contributed by atoms with E-state index in [1.165, 1.54) is 21.8 Å². The van der Waals surface area contributed by atoms with Crippen molar-refractivity contribution in [3.63, 3.8) is 0 Å². The number of aromatic nitrogens is 2. The van der Waals surface area contributed by atoms with Crippen molar-refractivity contribution in [3.8, 4) is 0 Å². The van der Waals surface area contributed by atoms with Gasteiger partial charge in [-0.15, -0.1) is 0 Å². The number of halogens is 2. The summed E-state index contributed by atoms with van der Waals surface area (Å²) in [6.07, 6.45) is 3.67. The average molecular weight is 391 g/mol. The van der Waals surface area contributed by atoms with Gasteiger partial charge in [0.2, 0.25) is 0 Å². The predicted molar refractivity (Wildman–Crippen MR) is 107 cm³/mol. The van der Waals surface area contributed by atoms with E-state index in [-0.39, 0.29) is 0 Å². The smallest absolute Gasteiger partial charge is 0.0836 e. The van der Waals surface area contributed by atoms with Crippen molar-refractivity contribution in [3.05, 3.63) is 75.7 Å². The maximum atomic E-state index is 6.18. The maximum Gasteiger partial charge on any atom is 0.0836 e. The lowest BCUT2D eigenvalue weighted by Crippen LogP contribution is -2.04. The van der Waals surface area contributed by atoms with Crippen LogP contribution in [0.1, 0.15) is 36.6 Å². The molecule has 0 fully saturated rings.